The molecule has 0 fully saturated rings. The summed E-state index contributed by atoms with van der Waals surface area (Å²) in [5, 5.41) is 0.398. The van der Waals surface area contributed by atoms with E-state index < -0.39 is 18.0 Å². The molecule has 1 atom stereocenters. The van der Waals surface area contributed by atoms with Gasteiger partial charge in [-0.3, -0.25) is 14.2 Å². The van der Waals surface area contributed by atoms with Gasteiger partial charge in [0, 0.05) is 19.1 Å². The van der Waals surface area contributed by atoms with E-state index in [1.165, 1.54) is 37.0 Å². The minimum absolute atomic E-state index is 0.0525. The fourth-order valence-electron chi connectivity index (χ4n) is 4.03. The van der Waals surface area contributed by atoms with Crippen molar-refractivity contribution in [1.82, 2.24) is 4.57 Å². The van der Waals surface area contributed by atoms with E-state index in [1.807, 2.05) is 0 Å². The molecule has 4 rings (SSSR count). The molecule has 0 spiro atoms. The van der Waals surface area contributed by atoms with Crippen LogP contribution in [0, 0.1) is 0 Å². The van der Waals surface area contributed by atoms with Gasteiger partial charge < -0.3 is 18.9 Å². The van der Waals surface area contributed by atoms with Crippen molar-refractivity contribution in [3.05, 3.63) is 89.6 Å². The number of allylic oxidation sites excluding steroid dienone is 1. The van der Waals surface area contributed by atoms with Crippen LogP contribution in [0.25, 0.3) is 6.08 Å². The molecular weight excluding hydrogens is 532 g/mol. The Labute approximate surface area is 227 Å². The van der Waals surface area contributed by atoms with Crippen molar-refractivity contribution in [2.24, 2.45) is 4.99 Å². The first-order valence-corrected chi connectivity index (χ1v) is 12.7. The molecule has 2 aromatic carbocycles. The lowest BCUT2D eigenvalue weighted by molar-refractivity contribution is -0.140. The van der Waals surface area contributed by atoms with Crippen LogP contribution in [0.2, 0.25) is 5.02 Å². The van der Waals surface area contributed by atoms with Crippen LogP contribution in [-0.2, 0) is 19.1 Å². The van der Waals surface area contributed by atoms with E-state index in [2.05, 4.69) is 4.99 Å². The first-order valence-electron chi connectivity index (χ1n) is 11.5. The maximum atomic E-state index is 13.8. The number of esters is 2. The number of nitrogens with zero attached hydrogens (tertiary/aromatic N) is 2. The van der Waals surface area contributed by atoms with Crippen molar-refractivity contribution in [2.75, 3.05) is 27.4 Å². The minimum atomic E-state index is -0.835. The second-order valence-electron chi connectivity index (χ2n) is 8.24. The average Bonchev–Trinajstić information content (AvgIpc) is 3.18. The summed E-state index contributed by atoms with van der Waals surface area (Å²) in [6.45, 7) is 3.28. The van der Waals surface area contributed by atoms with E-state index in [9.17, 15) is 14.4 Å². The molecule has 9 nitrogen and oxygen atoms in total. The molecule has 0 saturated heterocycles. The highest BCUT2D eigenvalue weighted by Crippen LogP contribution is 2.34. The Bertz CT molecular complexity index is 1610. The van der Waals surface area contributed by atoms with Crippen LogP contribution in [-0.4, -0.2) is 43.9 Å². The largest absolute Gasteiger partial charge is 0.493 e. The Morgan fingerprint density at radius 2 is 1.89 bits per heavy atom. The highest BCUT2D eigenvalue weighted by molar-refractivity contribution is 7.07. The Morgan fingerprint density at radius 1 is 1.13 bits per heavy atom. The van der Waals surface area contributed by atoms with Gasteiger partial charge in [-0.1, -0.05) is 47.2 Å². The molecule has 2 heterocycles. The number of carbonyl (C=O) groups excluding carboxylic acids is 2. The zero-order valence-corrected chi connectivity index (χ0v) is 22.7. The van der Waals surface area contributed by atoms with Gasteiger partial charge in [0.15, 0.2) is 16.3 Å². The summed E-state index contributed by atoms with van der Waals surface area (Å²) in [6, 6.07) is 11.1. The normalized spacial score (nSPS) is 15.1. The Morgan fingerprint density at radius 3 is 2.58 bits per heavy atom. The summed E-state index contributed by atoms with van der Waals surface area (Å²) in [4.78, 5) is 43.3. The lowest BCUT2D eigenvalue weighted by Crippen LogP contribution is -2.40. The van der Waals surface area contributed by atoms with Crippen molar-refractivity contribution in [2.45, 2.75) is 19.9 Å². The standard InChI is InChI=1S/C27H25ClN2O7S/c1-15-23(26(33)36-12-11-34-3)24(18-7-5-6-8-19(18)28)30-25(32)22(38-27(30)29-15)14-17-9-10-20(37-16(2)31)21(13-17)35-4/h5-10,13-14,24H,11-12H2,1-4H3. The third-order valence-electron chi connectivity index (χ3n) is 5.70. The van der Waals surface area contributed by atoms with Crippen LogP contribution in [0.4, 0.5) is 0 Å². The molecule has 1 aliphatic heterocycles. The number of hydrogen-bond donors (Lipinski definition) is 0. The van der Waals surface area contributed by atoms with Gasteiger partial charge in [-0.25, -0.2) is 9.79 Å². The first-order chi connectivity index (χ1) is 18.2. The molecule has 38 heavy (non-hydrogen) atoms. The summed E-state index contributed by atoms with van der Waals surface area (Å²) in [7, 11) is 2.97. The molecular formula is C27H25ClN2O7S. The summed E-state index contributed by atoms with van der Waals surface area (Å²) in [5.74, 6) is -0.471. The molecule has 1 unspecified atom stereocenters. The van der Waals surface area contributed by atoms with E-state index in [1.54, 1.807) is 55.5 Å². The van der Waals surface area contributed by atoms with E-state index in [0.29, 0.717) is 36.9 Å². The number of benzene rings is 2. The summed E-state index contributed by atoms with van der Waals surface area (Å²) >= 11 is 7.73. The fourth-order valence-corrected chi connectivity index (χ4v) is 5.32. The van der Waals surface area contributed by atoms with Crippen LogP contribution in [0.5, 0.6) is 11.5 Å². The SMILES string of the molecule is COCCOC(=O)C1=C(C)N=c2sc(=Cc3ccc(OC(C)=O)c(OC)c3)c(=O)n2C1c1ccccc1Cl. The second kappa shape index (κ2) is 11.8. The zero-order valence-electron chi connectivity index (χ0n) is 21.1. The van der Waals surface area contributed by atoms with Gasteiger partial charge in [-0.15, -0.1) is 0 Å². The molecule has 0 aliphatic carbocycles. The van der Waals surface area contributed by atoms with Crippen LogP contribution >= 0.6 is 22.9 Å². The number of thiazole rings is 1. The molecule has 0 radical (unpaired) electrons. The number of carbonyl (C=O) groups is 2. The molecule has 1 aliphatic rings. The maximum absolute atomic E-state index is 13.8. The van der Waals surface area contributed by atoms with Crippen molar-refractivity contribution in [3.63, 3.8) is 0 Å². The number of ether oxygens (including phenoxy) is 4. The Balaban J connectivity index is 1.86. The van der Waals surface area contributed by atoms with Gasteiger partial charge in [0.1, 0.15) is 12.6 Å². The number of fused-ring (bicyclic) bond motifs is 1. The highest BCUT2D eigenvalue weighted by Gasteiger charge is 2.34. The Hall–Kier alpha value is -3.73. The van der Waals surface area contributed by atoms with Gasteiger partial charge >= 0.3 is 11.9 Å². The first kappa shape index (κ1) is 27.3. The van der Waals surface area contributed by atoms with Crippen molar-refractivity contribution in [1.29, 1.82) is 0 Å². The quantitative estimate of drug-likeness (QED) is 0.238. The van der Waals surface area contributed by atoms with Crippen molar-refractivity contribution in [3.8, 4) is 11.5 Å². The van der Waals surface area contributed by atoms with E-state index >= 15 is 0 Å². The monoisotopic (exact) mass is 556 g/mol. The topological polar surface area (TPSA) is 105 Å². The minimum Gasteiger partial charge on any atom is -0.493 e. The van der Waals surface area contributed by atoms with Gasteiger partial charge in [-0.2, -0.15) is 0 Å². The third-order valence-corrected chi connectivity index (χ3v) is 7.03. The number of halogens is 1. The van der Waals surface area contributed by atoms with Gasteiger partial charge in [0.25, 0.3) is 5.56 Å². The zero-order chi connectivity index (χ0) is 27.4. The lowest BCUT2D eigenvalue weighted by atomic mass is 9.96. The number of methoxy groups -OCH3 is 2. The van der Waals surface area contributed by atoms with Crippen molar-refractivity contribution < 1.29 is 28.5 Å². The average molecular weight is 557 g/mol. The van der Waals surface area contributed by atoms with E-state index in [4.69, 9.17) is 30.5 Å². The summed E-state index contributed by atoms with van der Waals surface area (Å²) in [6.07, 6.45) is 1.68. The number of rotatable bonds is 8. The molecule has 11 heteroatoms. The lowest BCUT2D eigenvalue weighted by Gasteiger charge is -2.25. The van der Waals surface area contributed by atoms with Gasteiger partial charge in [0.05, 0.1) is 29.5 Å². The van der Waals surface area contributed by atoms with Crippen LogP contribution in [0.3, 0.4) is 0 Å². The molecule has 0 saturated carbocycles. The van der Waals surface area contributed by atoms with Crippen LogP contribution in [0.1, 0.15) is 31.0 Å². The predicted octanol–water partition coefficient (Wildman–Crippen LogP) is 3.01. The van der Waals surface area contributed by atoms with Crippen molar-refractivity contribution >= 4 is 41.0 Å². The molecule has 0 amide bonds. The molecule has 0 N–H and O–H groups in total. The number of hydrogen-bond acceptors (Lipinski definition) is 9. The van der Waals surface area contributed by atoms with E-state index in [-0.39, 0.29) is 30.1 Å². The van der Waals surface area contributed by atoms with Crippen LogP contribution in [0.15, 0.2) is 63.5 Å². The summed E-state index contributed by atoms with van der Waals surface area (Å²) < 4.78 is 22.7. The molecule has 198 valence electrons. The van der Waals surface area contributed by atoms with Gasteiger partial charge in [0.2, 0.25) is 0 Å². The number of aromatic nitrogens is 1. The van der Waals surface area contributed by atoms with Crippen LogP contribution < -0.4 is 24.4 Å². The Kier molecular flexibility index (Phi) is 8.45. The summed E-state index contributed by atoms with van der Waals surface area (Å²) in [5.41, 5.74) is 1.52. The van der Waals surface area contributed by atoms with E-state index in [0.717, 1.165) is 0 Å². The third kappa shape index (κ3) is 5.57. The predicted molar refractivity (Wildman–Crippen MR) is 142 cm³/mol. The molecule has 3 aromatic rings. The fraction of sp³-hybridized carbons (Fsp3) is 0.259. The molecule has 1 aromatic heterocycles. The highest BCUT2D eigenvalue weighted by atomic mass is 35.5. The second-order valence-corrected chi connectivity index (χ2v) is 9.65. The van der Waals surface area contributed by atoms with Gasteiger partial charge in [-0.05, 0) is 42.3 Å². The molecule has 0 bridgehead atoms. The smallest absolute Gasteiger partial charge is 0.338 e. The maximum Gasteiger partial charge on any atom is 0.338 e.